The summed E-state index contributed by atoms with van der Waals surface area (Å²) in [6.45, 7) is 2.02. The van der Waals surface area contributed by atoms with Gasteiger partial charge in [0.1, 0.15) is 5.82 Å². The van der Waals surface area contributed by atoms with Gasteiger partial charge in [-0.3, -0.25) is 4.79 Å². The second kappa shape index (κ2) is 3.69. The lowest BCUT2D eigenvalue weighted by Gasteiger charge is -2.05. The Morgan fingerprint density at radius 1 is 1.33 bits per heavy atom. The van der Waals surface area contributed by atoms with E-state index in [0.29, 0.717) is 11.4 Å². The summed E-state index contributed by atoms with van der Waals surface area (Å²) in [5.41, 5.74) is 2.66. The van der Waals surface area contributed by atoms with Crippen LogP contribution in [-0.2, 0) is 0 Å². The molecular formula is C12H12N2O. The highest BCUT2D eigenvalue weighted by Crippen LogP contribution is 2.19. The molecule has 3 heteroatoms. The standard InChI is InChI=1S/C12H12N2O/c1-8-3-4-11-9(5-8)6-10(7-15)12(13-2)14-11/h3-7H,1-2H3,(H,13,14). The van der Waals surface area contributed by atoms with Gasteiger partial charge in [0, 0.05) is 12.4 Å². The number of aryl methyl sites for hydroxylation is 1. The quantitative estimate of drug-likeness (QED) is 0.757. The van der Waals surface area contributed by atoms with Crippen molar-refractivity contribution in [3.8, 4) is 0 Å². The molecule has 1 heterocycles. The molecule has 76 valence electrons. The topological polar surface area (TPSA) is 42.0 Å². The Morgan fingerprint density at radius 3 is 2.80 bits per heavy atom. The molecule has 1 N–H and O–H groups in total. The molecule has 15 heavy (non-hydrogen) atoms. The SMILES string of the molecule is CNc1nc2ccc(C)cc2cc1C=O. The predicted octanol–water partition coefficient (Wildman–Crippen LogP) is 2.40. The largest absolute Gasteiger partial charge is 0.373 e. The molecule has 0 spiro atoms. The molecule has 1 aromatic carbocycles. The summed E-state index contributed by atoms with van der Waals surface area (Å²) in [5.74, 6) is 0.626. The fourth-order valence-corrected chi connectivity index (χ4v) is 1.60. The van der Waals surface area contributed by atoms with Crippen LogP contribution in [0.25, 0.3) is 10.9 Å². The maximum absolute atomic E-state index is 10.8. The highest BCUT2D eigenvalue weighted by atomic mass is 16.1. The number of hydrogen-bond donors (Lipinski definition) is 1. The van der Waals surface area contributed by atoms with Gasteiger partial charge in [0.2, 0.25) is 0 Å². The van der Waals surface area contributed by atoms with E-state index in [1.165, 1.54) is 5.56 Å². The van der Waals surface area contributed by atoms with Crippen molar-refractivity contribution < 1.29 is 4.79 Å². The zero-order valence-corrected chi connectivity index (χ0v) is 8.74. The Labute approximate surface area is 88.1 Å². The average Bonchev–Trinajstić information content (AvgIpc) is 2.27. The van der Waals surface area contributed by atoms with Gasteiger partial charge in [0.25, 0.3) is 0 Å². The van der Waals surface area contributed by atoms with Crippen LogP contribution < -0.4 is 5.32 Å². The van der Waals surface area contributed by atoms with Gasteiger partial charge >= 0.3 is 0 Å². The minimum Gasteiger partial charge on any atom is -0.373 e. The molecule has 0 saturated carbocycles. The first-order valence-corrected chi connectivity index (χ1v) is 4.79. The molecule has 0 atom stereocenters. The molecule has 0 aliphatic rings. The molecule has 0 aliphatic heterocycles. The second-order valence-corrected chi connectivity index (χ2v) is 3.49. The summed E-state index contributed by atoms with van der Waals surface area (Å²) < 4.78 is 0. The second-order valence-electron chi connectivity index (χ2n) is 3.49. The van der Waals surface area contributed by atoms with Crippen molar-refractivity contribution in [3.63, 3.8) is 0 Å². The molecule has 0 bridgehead atoms. The van der Waals surface area contributed by atoms with E-state index in [9.17, 15) is 4.79 Å². The molecule has 0 unspecified atom stereocenters. The Morgan fingerprint density at radius 2 is 2.13 bits per heavy atom. The van der Waals surface area contributed by atoms with E-state index in [1.807, 2.05) is 31.2 Å². The van der Waals surface area contributed by atoms with E-state index in [2.05, 4.69) is 10.3 Å². The number of nitrogens with zero attached hydrogens (tertiary/aromatic N) is 1. The summed E-state index contributed by atoms with van der Waals surface area (Å²) in [6, 6.07) is 7.85. The predicted molar refractivity (Wildman–Crippen MR) is 61.4 cm³/mol. The number of pyridine rings is 1. The third-order valence-electron chi connectivity index (χ3n) is 2.36. The number of aromatic nitrogens is 1. The van der Waals surface area contributed by atoms with Crippen LogP contribution in [0, 0.1) is 6.92 Å². The molecule has 0 aliphatic carbocycles. The van der Waals surface area contributed by atoms with Crippen LogP contribution in [-0.4, -0.2) is 18.3 Å². The number of carbonyl (C=O) groups excluding carboxylic acids is 1. The van der Waals surface area contributed by atoms with Gasteiger partial charge in [-0.15, -0.1) is 0 Å². The minimum absolute atomic E-state index is 0.593. The van der Waals surface area contributed by atoms with Crippen LogP contribution in [0.2, 0.25) is 0 Å². The first-order valence-electron chi connectivity index (χ1n) is 4.79. The average molecular weight is 200 g/mol. The van der Waals surface area contributed by atoms with Crippen molar-refractivity contribution in [1.29, 1.82) is 0 Å². The number of hydrogen-bond acceptors (Lipinski definition) is 3. The summed E-state index contributed by atoms with van der Waals surface area (Å²) in [6.07, 6.45) is 0.820. The molecule has 2 rings (SSSR count). The summed E-state index contributed by atoms with van der Waals surface area (Å²) >= 11 is 0. The highest BCUT2D eigenvalue weighted by molar-refractivity contribution is 5.91. The molecule has 2 aromatic rings. The Hall–Kier alpha value is -1.90. The van der Waals surface area contributed by atoms with Crippen LogP contribution in [0.4, 0.5) is 5.82 Å². The lowest BCUT2D eigenvalue weighted by Crippen LogP contribution is -1.98. The molecule has 3 nitrogen and oxygen atoms in total. The van der Waals surface area contributed by atoms with Crippen molar-refractivity contribution in [2.45, 2.75) is 6.92 Å². The number of carbonyl (C=O) groups is 1. The van der Waals surface area contributed by atoms with Crippen molar-refractivity contribution >= 4 is 23.0 Å². The molecule has 0 saturated heterocycles. The smallest absolute Gasteiger partial charge is 0.153 e. The molecular weight excluding hydrogens is 188 g/mol. The van der Waals surface area contributed by atoms with Gasteiger partial charge < -0.3 is 5.32 Å². The fraction of sp³-hybridized carbons (Fsp3) is 0.167. The van der Waals surface area contributed by atoms with Crippen LogP contribution in [0.1, 0.15) is 15.9 Å². The number of rotatable bonds is 2. The van der Waals surface area contributed by atoms with Gasteiger partial charge in [-0.05, 0) is 25.1 Å². The number of nitrogens with one attached hydrogen (secondary N) is 1. The maximum Gasteiger partial charge on any atom is 0.153 e. The van der Waals surface area contributed by atoms with Gasteiger partial charge in [0.15, 0.2) is 6.29 Å². The first-order chi connectivity index (χ1) is 7.24. The van der Waals surface area contributed by atoms with Crippen LogP contribution in [0.15, 0.2) is 24.3 Å². The lowest BCUT2D eigenvalue weighted by atomic mass is 10.1. The van der Waals surface area contributed by atoms with Crippen LogP contribution in [0.3, 0.4) is 0 Å². The van der Waals surface area contributed by atoms with E-state index in [1.54, 1.807) is 7.05 Å². The third kappa shape index (κ3) is 1.68. The fourth-order valence-electron chi connectivity index (χ4n) is 1.60. The van der Waals surface area contributed by atoms with Gasteiger partial charge in [0.05, 0.1) is 11.1 Å². The van der Waals surface area contributed by atoms with E-state index >= 15 is 0 Å². The number of anilines is 1. The minimum atomic E-state index is 0.593. The number of aldehydes is 1. The van der Waals surface area contributed by atoms with Gasteiger partial charge in [-0.1, -0.05) is 11.6 Å². The molecule has 0 radical (unpaired) electrons. The van der Waals surface area contributed by atoms with Gasteiger partial charge in [-0.2, -0.15) is 0 Å². The summed E-state index contributed by atoms with van der Waals surface area (Å²) in [5, 5.41) is 3.91. The first kappa shape index (κ1) is 9.65. The third-order valence-corrected chi connectivity index (χ3v) is 2.36. The highest BCUT2D eigenvalue weighted by Gasteiger charge is 2.04. The number of benzene rings is 1. The van der Waals surface area contributed by atoms with Crippen LogP contribution in [0.5, 0.6) is 0 Å². The Balaban J connectivity index is 2.75. The van der Waals surface area contributed by atoms with Crippen molar-refractivity contribution in [3.05, 3.63) is 35.4 Å². The zero-order chi connectivity index (χ0) is 10.8. The van der Waals surface area contributed by atoms with Crippen molar-refractivity contribution in [1.82, 2.24) is 4.98 Å². The molecule has 0 amide bonds. The van der Waals surface area contributed by atoms with E-state index in [-0.39, 0.29) is 0 Å². The lowest BCUT2D eigenvalue weighted by molar-refractivity contribution is 0.112. The molecule has 1 aromatic heterocycles. The number of fused-ring (bicyclic) bond motifs is 1. The van der Waals surface area contributed by atoms with E-state index in [4.69, 9.17) is 0 Å². The zero-order valence-electron chi connectivity index (χ0n) is 8.74. The van der Waals surface area contributed by atoms with E-state index < -0.39 is 0 Å². The Kier molecular flexibility index (Phi) is 2.37. The monoisotopic (exact) mass is 200 g/mol. The van der Waals surface area contributed by atoms with Crippen molar-refractivity contribution in [2.75, 3.05) is 12.4 Å². The molecule has 0 fully saturated rings. The van der Waals surface area contributed by atoms with Crippen molar-refractivity contribution in [2.24, 2.45) is 0 Å². The Bertz CT molecular complexity index is 520. The summed E-state index contributed by atoms with van der Waals surface area (Å²) in [7, 11) is 1.76. The summed E-state index contributed by atoms with van der Waals surface area (Å²) in [4.78, 5) is 15.2. The maximum atomic E-state index is 10.8. The van der Waals surface area contributed by atoms with E-state index in [0.717, 1.165) is 17.2 Å². The van der Waals surface area contributed by atoms with Crippen LogP contribution >= 0.6 is 0 Å². The normalized spacial score (nSPS) is 10.3. The van der Waals surface area contributed by atoms with Gasteiger partial charge in [-0.25, -0.2) is 4.98 Å².